The first kappa shape index (κ1) is 8.31. The van der Waals surface area contributed by atoms with Crippen molar-refractivity contribution in [3.63, 3.8) is 0 Å². The van der Waals surface area contributed by atoms with Crippen molar-refractivity contribution < 1.29 is 9.59 Å². The molecule has 0 N–H and O–H groups in total. The smallest absolute Gasteiger partial charge is 0.262 e. The van der Waals surface area contributed by atoms with Crippen LogP contribution in [0.5, 0.6) is 0 Å². The second-order valence-corrected chi connectivity index (χ2v) is 3.01. The van der Waals surface area contributed by atoms with Crippen molar-refractivity contribution in [3.05, 3.63) is 35.4 Å². The van der Waals surface area contributed by atoms with Gasteiger partial charge in [-0.3, -0.25) is 14.5 Å². The summed E-state index contributed by atoms with van der Waals surface area (Å²) in [6, 6.07) is 6.79. The summed E-state index contributed by atoms with van der Waals surface area (Å²) in [7, 11) is 0. The van der Waals surface area contributed by atoms with E-state index in [1.54, 1.807) is 24.3 Å². The number of carbonyl (C=O) groups excluding carboxylic acids is 2. The fraction of sp³-hybridized carbons (Fsp3) is 0.111. The summed E-state index contributed by atoms with van der Waals surface area (Å²) >= 11 is 3.92. The molecule has 2 amide bonds. The predicted molar refractivity (Wildman–Crippen MR) is 50.8 cm³/mol. The number of rotatable bonds is 1. The van der Waals surface area contributed by atoms with Crippen molar-refractivity contribution in [2.45, 2.75) is 0 Å². The molecule has 1 aliphatic rings. The maximum absolute atomic E-state index is 11.5. The summed E-state index contributed by atoms with van der Waals surface area (Å²) in [6.45, 7) is 0. The highest BCUT2D eigenvalue weighted by Gasteiger charge is 2.33. The van der Waals surface area contributed by atoms with Gasteiger partial charge in [-0.05, 0) is 12.1 Å². The lowest BCUT2D eigenvalue weighted by atomic mass is 10.1. The Balaban J connectivity index is 2.57. The molecule has 1 aliphatic heterocycles. The largest absolute Gasteiger partial charge is 0.269 e. The number of benzene rings is 1. The van der Waals surface area contributed by atoms with Crippen LogP contribution in [0.1, 0.15) is 20.7 Å². The van der Waals surface area contributed by atoms with Gasteiger partial charge in [0.15, 0.2) is 0 Å². The number of imide groups is 1. The highest BCUT2D eigenvalue weighted by atomic mass is 32.1. The average molecular weight is 193 g/mol. The molecule has 1 aromatic rings. The van der Waals surface area contributed by atoms with E-state index in [4.69, 9.17) is 0 Å². The minimum absolute atomic E-state index is 0.131. The summed E-state index contributed by atoms with van der Waals surface area (Å²) in [5.74, 6) is -0.377. The Morgan fingerprint density at radius 3 is 1.92 bits per heavy atom. The first-order valence-corrected chi connectivity index (χ1v) is 4.45. The number of hydrogen-bond acceptors (Lipinski definition) is 3. The van der Waals surface area contributed by atoms with Gasteiger partial charge in [-0.25, -0.2) is 0 Å². The molecule has 3 nitrogen and oxygen atoms in total. The van der Waals surface area contributed by atoms with Gasteiger partial charge in [-0.1, -0.05) is 12.1 Å². The van der Waals surface area contributed by atoms with Crippen LogP contribution in [-0.2, 0) is 0 Å². The Morgan fingerprint density at radius 2 is 1.54 bits per heavy atom. The topological polar surface area (TPSA) is 37.4 Å². The zero-order valence-corrected chi connectivity index (χ0v) is 7.62. The van der Waals surface area contributed by atoms with Crippen LogP contribution in [-0.4, -0.2) is 22.6 Å². The van der Waals surface area contributed by atoms with Crippen LogP contribution in [0.25, 0.3) is 0 Å². The van der Waals surface area contributed by atoms with Gasteiger partial charge in [0, 0.05) is 0 Å². The van der Waals surface area contributed by atoms with E-state index in [1.807, 2.05) is 0 Å². The third kappa shape index (κ3) is 1.06. The molecular formula is C9H7NO2S. The predicted octanol–water partition coefficient (Wildman–Crippen LogP) is 1.17. The van der Waals surface area contributed by atoms with Crippen LogP contribution >= 0.6 is 12.6 Å². The number of amides is 2. The number of carbonyl (C=O) groups is 2. The van der Waals surface area contributed by atoms with E-state index < -0.39 is 0 Å². The molecule has 0 aromatic heterocycles. The first-order chi connectivity index (χ1) is 6.25. The number of nitrogens with zero attached hydrogens (tertiary/aromatic N) is 1. The molecule has 2 rings (SSSR count). The maximum Gasteiger partial charge on any atom is 0.262 e. The van der Waals surface area contributed by atoms with Gasteiger partial charge in [0.05, 0.1) is 17.0 Å². The second kappa shape index (κ2) is 2.88. The lowest BCUT2D eigenvalue weighted by molar-refractivity contribution is 0.0685. The third-order valence-corrected chi connectivity index (χ3v) is 2.30. The summed E-state index contributed by atoms with van der Waals surface area (Å²) in [5, 5.41) is 0. The molecule has 13 heavy (non-hydrogen) atoms. The van der Waals surface area contributed by atoms with Gasteiger partial charge in [-0.15, -0.1) is 0 Å². The molecule has 0 fully saturated rings. The number of fused-ring (bicyclic) bond motifs is 1. The average Bonchev–Trinajstić information content (AvgIpc) is 2.41. The van der Waals surface area contributed by atoms with E-state index >= 15 is 0 Å². The van der Waals surface area contributed by atoms with Crippen molar-refractivity contribution >= 4 is 24.4 Å². The molecule has 1 aromatic carbocycles. The molecule has 0 saturated heterocycles. The van der Waals surface area contributed by atoms with E-state index in [0.29, 0.717) is 11.1 Å². The molecule has 0 unspecified atom stereocenters. The van der Waals surface area contributed by atoms with Crippen molar-refractivity contribution in [3.8, 4) is 0 Å². The Bertz CT molecular complexity index is 354. The normalized spacial score (nSPS) is 15.0. The SMILES string of the molecule is O=C1c2ccccc2C(=O)N1CS. The Labute approximate surface area is 80.8 Å². The van der Waals surface area contributed by atoms with Crippen molar-refractivity contribution in [2.24, 2.45) is 0 Å². The van der Waals surface area contributed by atoms with Crippen molar-refractivity contribution in [2.75, 3.05) is 5.88 Å². The van der Waals surface area contributed by atoms with E-state index in [0.717, 1.165) is 4.90 Å². The van der Waals surface area contributed by atoms with Gasteiger partial charge in [0.2, 0.25) is 0 Å². The quantitative estimate of drug-likeness (QED) is 0.537. The highest BCUT2D eigenvalue weighted by molar-refractivity contribution is 7.80. The van der Waals surface area contributed by atoms with E-state index in [-0.39, 0.29) is 17.7 Å². The lowest BCUT2D eigenvalue weighted by Gasteiger charge is -2.07. The summed E-state index contributed by atoms with van der Waals surface area (Å²) in [5.41, 5.74) is 0.947. The van der Waals surface area contributed by atoms with Crippen LogP contribution in [0.4, 0.5) is 0 Å². The summed E-state index contributed by atoms with van der Waals surface area (Å²) < 4.78 is 0. The molecule has 0 atom stereocenters. The molecule has 4 heteroatoms. The van der Waals surface area contributed by atoms with E-state index in [9.17, 15) is 9.59 Å². The number of thiol groups is 1. The molecule has 1 heterocycles. The zero-order chi connectivity index (χ0) is 9.42. The Morgan fingerprint density at radius 1 is 1.08 bits per heavy atom. The van der Waals surface area contributed by atoms with Gasteiger partial charge in [0.25, 0.3) is 11.8 Å². The molecule has 66 valence electrons. The fourth-order valence-electron chi connectivity index (χ4n) is 1.37. The lowest BCUT2D eigenvalue weighted by Crippen LogP contribution is -2.28. The zero-order valence-electron chi connectivity index (χ0n) is 6.73. The van der Waals surface area contributed by atoms with Crippen LogP contribution in [0, 0.1) is 0 Å². The number of hydrogen-bond donors (Lipinski definition) is 1. The van der Waals surface area contributed by atoms with Gasteiger partial charge < -0.3 is 0 Å². The van der Waals surface area contributed by atoms with Gasteiger partial charge in [-0.2, -0.15) is 12.6 Å². The second-order valence-electron chi connectivity index (χ2n) is 2.73. The summed E-state index contributed by atoms with van der Waals surface area (Å²) in [6.07, 6.45) is 0. The van der Waals surface area contributed by atoms with Crippen LogP contribution in [0.15, 0.2) is 24.3 Å². The van der Waals surface area contributed by atoms with Gasteiger partial charge >= 0.3 is 0 Å². The maximum atomic E-state index is 11.5. The minimum atomic E-state index is -0.254. The van der Waals surface area contributed by atoms with E-state index in [2.05, 4.69) is 12.6 Å². The third-order valence-electron chi connectivity index (χ3n) is 2.02. The minimum Gasteiger partial charge on any atom is -0.269 e. The molecule has 0 saturated carbocycles. The molecule has 0 radical (unpaired) electrons. The van der Waals surface area contributed by atoms with Gasteiger partial charge in [0.1, 0.15) is 0 Å². The molecular weight excluding hydrogens is 186 g/mol. The monoisotopic (exact) mass is 193 g/mol. The van der Waals surface area contributed by atoms with Crippen molar-refractivity contribution in [1.82, 2.24) is 4.90 Å². The molecule has 0 spiro atoms. The fourth-order valence-corrected chi connectivity index (χ4v) is 1.62. The van der Waals surface area contributed by atoms with Crippen LogP contribution < -0.4 is 0 Å². The van der Waals surface area contributed by atoms with Crippen molar-refractivity contribution in [1.29, 1.82) is 0 Å². The Hall–Kier alpha value is -1.29. The molecule has 0 bridgehead atoms. The highest BCUT2D eigenvalue weighted by Crippen LogP contribution is 2.22. The van der Waals surface area contributed by atoms with Crippen LogP contribution in [0.3, 0.4) is 0 Å². The summed E-state index contributed by atoms with van der Waals surface area (Å²) in [4.78, 5) is 24.1. The van der Waals surface area contributed by atoms with E-state index in [1.165, 1.54) is 0 Å². The first-order valence-electron chi connectivity index (χ1n) is 3.82. The Kier molecular flexibility index (Phi) is 1.84. The molecule has 0 aliphatic carbocycles. The standard InChI is InChI=1S/C9H7NO2S/c11-8-6-3-1-2-4-7(6)9(12)10(8)5-13/h1-4,13H,5H2. The van der Waals surface area contributed by atoms with Crippen LogP contribution in [0.2, 0.25) is 0 Å².